The fourth-order valence-corrected chi connectivity index (χ4v) is 1.08. The zero-order valence-corrected chi connectivity index (χ0v) is 8.75. The minimum atomic E-state index is -0.605. The molecule has 1 amide bonds. The third-order valence-electron chi connectivity index (χ3n) is 2.35. The van der Waals surface area contributed by atoms with Crippen LogP contribution in [-0.4, -0.2) is 41.7 Å². The summed E-state index contributed by atoms with van der Waals surface area (Å²) in [5.74, 6) is 0. The van der Waals surface area contributed by atoms with Crippen LogP contribution in [0.3, 0.4) is 0 Å². The highest BCUT2D eigenvalue weighted by Gasteiger charge is 2.27. The Balaban J connectivity index is 4.08. The van der Waals surface area contributed by atoms with Gasteiger partial charge in [-0.05, 0) is 12.8 Å². The molecule has 0 saturated heterocycles. The standard InChI is InChI=1S/C9H19NO4/c1-3-9(4-2,7-12)10-8(13)14-6-5-11/h11-12H,3-7H2,1-2H3,(H,10,13). The van der Waals surface area contributed by atoms with Gasteiger partial charge in [-0.3, -0.25) is 0 Å². The largest absolute Gasteiger partial charge is 0.447 e. The van der Waals surface area contributed by atoms with Gasteiger partial charge < -0.3 is 20.3 Å². The van der Waals surface area contributed by atoms with E-state index in [1.165, 1.54) is 0 Å². The Hall–Kier alpha value is -0.810. The molecular formula is C9H19NO4. The average molecular weight is 205 g/mol. The second-order valence-electron chi connectivity index (χ2n) is 3.13. The van der Waals surface area contributed by atoms with E-state index in [4.69, 9.17) is 10.2 Å². The van der Waals surface area contributed by atoms with Gasteiger partial charge in [0.25, 0.3) is 0 Å². The predicted octanol–water partition coefficient (Wildman–Crippen LogP) is 0.256. The summed E-state index contributed by atoms with van der Waals surface area (Å²) in [7, 11) is 0. The third-order valence-corrected chi connectivity index (χ3v) is 2.35. The van der Waals surface area contributed by atoms with Crippen LogP contribution in [0.1, 0.15) is 26.7 Å². The second kappa shape index (κ2) is 6.62. The molecule has 0 fully saturated rings. The number of carbonyl (C=O) groups excluding carboxylic acids is 1. The van der Waals surface area contributed by atoms with E-state index >= 15 is 0 Å². The van der Waals surface area contributed by atoms with Gasteiger partial charge in [-0.1, -0.05) is 13.8 Å². The Morgan fingerprint density at radius 1 is 1.36 bits per heavy atom. The highest BCUT2D eigenvalue weighted by Crippen LogP contribution is 2.13. The van der Waals surface area contributed by atoms with Crippen molar-refractivity contribution >= 4 is 6.09 Å². The summed E-state index contributed by atoms with van der Waals surface area (Å²) in [4.78, 5) is 11.1. The van der Waals surface area contributed by atoms with Gasteiger partial charge in [-0.2, -0.15) is 0 Å². The highest BCUT2D eigenvalue weighted by molar-refractivity contribution is 5.68. The number of amides is 1. The Bertz CT molecular complexity index is 160. The summed E-state index contributed by atoms with van der Waals surface area (Å²) in [6, 6.07) is 0. The number of nitrogens with one attached hydrogen (secondary N) is 1. The molecule has 0 bridgehead atoms. The summed E-state index contributed by atoms with van der Waals surface area (Å²) in [6.07, 6.45) is 0.666. The molecule has 0 aliphatic rings. The van der Waals surface area contributed by atoms with Gasteiger partial charge in [0.15, 0.2) is 0 Å². The second-order valence-corrected chi connectivity index (χ2v) is 3.13. The number of carbonyl (C=O) groups is 1. The van der Waals surface area contributed by atoms with Gasteiger partial charge in [-0.25, -0.2) is 4.79 Å². The summed E-state index contributed by atoms with van der Waals surface area (Å²) in [6.45, 7) is 3.42. The van der Waals surface area contributed by atoms with Gasteiger partial charge in [0.1, 0.15) is 6.61 Å². The molecule has 0 atom stereocenters. The van der Waals surface area contributed by atoms with Crippen molar-refractivity contribution in [2.75, 3.05) is 19.8 Å². The Morgan fingerprint density at radius 3 is 2.29 bits per heavy atom. The minimum absolute atomic E-state index is 0.0270. The molecule has 14 heavy (non-hydrogen) atoms. The minimum Gasteiger partial charge on any atom is -0.447 e. The van der Waals surface area contributed by atoms with E-state index < -0.39 is 11.6 Å². The van der Waals surface area contributed by atoms with E-state index in [2.05, 4.69) is 10.1 Å². The van der Waals surface area contributed by atoms with Crippen molar-refractivity contribution in [3.63, 3.8) is 0 Å². The molecule has 5 heteroatoms. The molecule has 0 heterocycles. The van der Waals surface area contributed by atoms with Crippen molar-refractivity contribution in [2.24, 2.45) is 0 Å². The molecule has 0 unspecified atom stereocenters. The van der Waals surface area contributed by atoms with Crippen molar-refractivity contribution in [3.8, 4) is 0 Å². The van der Waals surface area contributed by atoms with Crippen LogP contribution in [0.4, 0.5) is 4.79 Å². The topological polar surface area (TPSA) is 78.8 Å². The monoisotopic (exact) mass is 205 g/mol. The van der Waals surface area contributed by atoms with Crippen molar-refractivity contribution in [1.82, 2.24) is 5.32 Å². The Morgan fingerprint density at radius 2 is 1.93 bits per heavy atom. The zero-order valence-electron chi connectivity index (χ0n) is 8.75. The Labute approximate surface area is 84.1 Å². The quantitative estimate of drug-likeness (QED) is 0.581. The van der Waals surface area contributed by atoms with Crippen molar-refractivity contribution in [3.05, 3.63) is 0 Å². The van der Waals surface area contributed by atoms with Crippen LogP contribution in [0, 0.1) is 0 Å². The lowest BCUT2D eigenvalue weighted by atomic mass is 9.94. The molecule has 0 aliphatic heterocycles. The van der Waals surface area contributed by atoms with Crippen LogP contribution >= 0.6 is 0 Å². The lowest BCUT2D eigenvalue weighted by Crippen LogP contribution is -2.50. The van der Waals surface area contributed by atoms with Gasteiger partial charge >= 0.3 is 6.09 Å². The van der Waals surface area contributed by atoms with Crippen LogP contribution in [0.2, 0.25) is 0 Å². The van der Waals surface area contributed by atoms with Crippen molar-refractivity contribution in [2.45, 2.75) is 32.2 Å². The molecule has 5 nitrogen and oxygen atoms in total. The van der Waals surface area contributed by atoms with Crippen LogP contribution in [0.25, 0.3) is 0 Å². The SMILES string of the molecule is CCC(CC)(CO)NC(=O)OCCO. The van der Waals surface area contributed by atoms with Crippen LogP contribution < -0.4 is 5.32 Å². The molecule has 84 valence electrons. The van der Waals surface area contributed by atoms with E-state index in [-0.39, 0.29) is 19.8 Å². The van der Waals surface area contributed by atoms with Gasteiger partial charge in [0.2, 0.25) is 0 Å². The fourth-order valence-electron chi connectivity index (χ4n) is 1.08. The first-order valence-corrected chi connectivity index (χ1v) is 4.80. The summed E-state index contributed by atoms with van der Waals surface area (Å²) in [5.41, 5.74) is -0.605. The van der Waals surface area contributed by atoms with Crippen LogP contribution in [0.5, 0.6) is 0 Å². The van der Waals surface area contributed by atoms with Gasteiger partial charge in [-0.15, -0.1) is 0 Å². The summed E-state index contributed by atoms with van der Waals surface area (Å²) >= 11 is 0. The van der Waals surface area contributed by atoms with E-state index in [0.29, 0.717) is 12.8 Å². The van der Waals surface area contributed by atoms with E-state index in [1.54, 1.807) is 0 Å². The molecule has 3 N–H and O–H groups in total. The maximum absolute atomic E-state index is 11.1. The van der Waals surface area contributed by atoms with Crippen LogP contribution in [-0.2, 0) is 4.74 Å². The zero-order chi connectivity index (χ0) is 11.0. The van der Waals surface area contributed by atoms with E-state index in [0.717, 1.165) is 0 Å². The smallest absolute Gasteiger partial charge is 0.407 e. The first-order chi connectivity index (χ1) is 6.64. The average Bonchev–Trinajstić information content (AvgIpc) is 2.23. The van der Waals surface area contributed by atoms with Crippen molar-refractivity contribution < 1.29 is 19.7 Å². The van der Waals surface area contributed by atoms with Gasteiger partial charge in [0.05, 0.1) is 18.8 Å². The van der Waals surface area contributed by atoms with Crippen LogP contribution in [0.15, 0.2) is 0 Å². The van der Waals surface area contributed by atoms with E-state index in [1.807, 2.05) is 13.8 Å². The lowest BCUT2D eigenvalue weighted by molar-refractivity contribution is 0.0924. The molecule has 0 saturated carbocycles. The molecule has 0 aliphatic carbocycles. The molecule has 0 aromatic heterocycles. The Kier molecular flexibility index (Phi) is 6.23. The number of alkyl carbamates (subject to hydrolysis) is 1. The fraction of sp³-hybridized carbons (Fsp3) is 0.889. The molecule has 0 radical (unpaired) electrons. The first-order valence-electron chi connectivity index (χ1n) is 4.80. The first kappa shape index (κ1) is 13.2. The molecule has 0 spiro atoms. The molecular weight excluding hydrogens is 186 g/mol. The number of ether oxygens (including phenoxy) is 1. The molecule has 0 aromatic rings. The number of hydrogen-bond donors (Lipinski definition) is 3. The molecule has 0 aromatic carbocycles. The third kappa shape index (κ3) is 3.93. The van der Waals surface area contributed by atoms with Gasteiger partial charge in [0, 0.05) is 0 Å². The maximum Gasteiger partial charge on any atom is 0.407 e. The highest BCUT2D eigenvalue weighted by atomic mass is 16.6. The predicted molar refractivity (Wildman–Crippen MR) is 52.0 cm³/mol. The number of rotatable bonds is 6. The van der Waals surface area contributed by atoms with E-state index in [9.17, 15) is 4.79 Å². The van der Waals surface area contributed by atoms with Crippen molar-refractivity contribution in [1.29, 1.82) is 0 Å². The maximum atomic E-state index is 11.1. The lowest BCUT2D eigenvalue weighted by Gasteiger charge is -2.29. The normalized spacial score (nSPS) is 11.1. The summed E-state index contributed by atoms with van der Waals surface area (Å²) < 4.78 is 4.64. The number of aliphatic hydroxyl groups is 2. The number of aliphatic hydroxyl groups excluding tert-OH is 2. The summed E-state index contributed by atoms with van der Waals surface area (Å²) in [5, 5.41) is 20.2. The number of hydrogen-bond acceptors (Lipinski definition) is 4. The molecule has 0 rings (SSSR count).